The monoisotopic (exact) mass is 575 g/mol. The van der Waals surface area contributed by atoms with Crippen LogP contribution in [0.4, 0.5) is 5.82 Å². The number of amides is 2. The number of rotatable bonds is 4. The fraction of sp³-hybridized carbons (Fsp3) is 0.387. The van der Waals surface area contributed by atoms with Crippen LogP contribution in [0.3, 0.4) is 0 Å². The molecule has 0 spiro atoms. The Kier molecular flexibility index (Phi) is 9.28. The van der Waals surface area contributed by atoms with Gasteiger partial charge < -0.3 is 35.3 Å². The van der Waals surface area contributed by atoms with E-state index in [1.54, 1.807) is 26.5 Å². The third-order valence-electron chi connectivity index (χ3n) is 7.55. The molecule has 2 atom stereocenters. The van der Waals surface area contributed by atoms with Gasteiger partial charge in [0.2, 0.25) is 5.91 Å². The Labute approximate surface area is 245 Å². The number of aryl methyl sites for hydroxylation is 1. The molecule has 2 aromatic carbocycles. The van der Waals surface area contributed by atoms with E-state index in [1.807, 2.05) is 42.5 Å². The van der Waals surface area contributed by atoms with Gasteiger partial charge in [-0.25, -0.2) is 4.98 Å². The first-order chi connectivity index (χ1) is 20.4. The van der Waals surface area contributed by atoms with Gasteiger partial charge >= 0.3 is 0 Å². The highest BCUT2D eigenvalue weighted by Gasteiger charge is 2.33. The van der Waals surface area contributed by atoms with Gasteiger partial charge in [0.05, 0.1) is 20.3 Å². The minimum Gasteiger partial charge on any atom is -0.496 e. The summed E-state index contributed by atoms with van der Waals surface area (Å²) >= 11 is 0. The van der Waals surface area contributed by atoms with Crippen molar-refractivity contribution >= 4 is 17.6 Å². The van der Waals surface area contributed by atoms with Crippen LogP contribution in [0.5, 0.6) is 23.0 Å². The molecule has 6 rings (SSSR count). The van der Waals surface area contributed by atoms with Crippen molar-refractivity contribution in [2.24, 2.45) is 0 Å². The Balaban J connectivity index is 1.40. The molecule has 3 aliphatic heterocycles. The number of carbonyl (C=O) groups excluding carboxylic acids is 2. The van der Waals surface area contributed by atoms with Gasteiger partial charge in [-0.15, -0.1) is 0 Å². The number of hydrogen-bond acceptors (Lipinski definition) is 9. The van der Waals surface area contributed by atoms with Crippen molar-refractivity contribution in [3.05, 3.63) is 71.4 Å². The maximum absolute atomic E-state index is 13.2. The van der Waals surface area contributed by atoms with Gasteiger partial charge in [-0.05, 0) is 48.7 Å². The number of carbonyl (C=O) groups is 2. The Morgan fingerprint density at radius 2 is 1.90 bits per heavy atom. The van der Waals surface area contributed by atoms with E-state index in [0.29, 0.717) is 67.7 Å². The van der Waals surface area contributed by atoms with Gasteiger partial charge in [0.25, 0.3) is 5.91 Å². The van der Waals surface area contributed by atoms with E-state index in [4.69, 9.17) is 24.7 Å². The van der Waals surface area contributed by atoms with Gasteiger partial charge in [0, 0.05) is 56.0 Å². The lowest BCUT2D eigenvalue weighted by molar-refractivity contribution is -0.125. The van der Waals surface area contributed by atoms with Crippen LogP contribution in [-0.2, 0) is 29.1 Å². The molecule has 42 heavy (non-hydrogen) atoms. The summed E-state index contributed by atoms with van der Waals surface area (Å²) in [6.45, 7) is 2.01. The summed E-state index contributed by atoms with van der Waals surface area (Å²) in [6, 6.07) is 14.5. The highest BCUT2D eigenvalue weighted by Crippen LogP contribution is 2.30. The Hall–Kier alpha value is -4.51. The van der Waals surface area contributed by atoms with Crippen molar-refractivity contribution in [2.45, 2.75) is 44.5 Å². The molecule has 4 heterocycles. The molecule has 1 aromatic heterocycles. The minimum absolute atomic E-state index is 0.0874. The maximum atomic E-state index is 13.2. The van der Waals surface area contributed by atoms with Crippen LogP contribution in [0.25, 0.3) is 0 Å². The molecule has 222 valence electrons. The largest absolute Gasteiger partial charge is 0.496 e. The zero-order chi connectivity index (χ0) is 29.5. The third kappa shape index (κ3) is 7.22. The van der Waals surface area contributed by atoms with Crippen LogP contribution >= 0.6 is 0 Å². The molecule has 0 unspecified atom stereocenters. The standard InChI is InChI=1S/C31H37N5O6/c1-39-26-9-5-20-6-10-29(37)34-16-21-7-8-23(15-27(21)40-2)42-25-11-13-36(17-22-4-3-12-33-31(22)32)18-24(25)35-30(38)19-41-28(26)14-20/h3-5,7-9,12,14-15,24-25H,6,10-11,13,16-19H2,1-2H3,(H2,32,33)(H,34,37)(H,35,38)/t24-,25+/m1/s1. The quantitative estimate of drug-likeness (QED) is 0.428. The van der Waals surface area contributed by atoms with Crippen LogP contribution < -0.4 is 35.3 Å². The number of piperidine rings is 1. The molecule has 0 saturated carbocycles. The van der Waals surface area contributed by atoms with Gasteiger partial charge in [0.1, 0.15) is 23.4 Å². The second-order valence-electron chi connectivity index (χ2n) is 10.4. The molecule has 1 saturated heterocycles. The summed E-state index contributed by atoms with van der Waals surface area (Å²) in [4.78, 5) is 32.2. The molecule has 3 aromatic rings. The number of benzene rings is 2. The second kappa shape index (κ2) is 13.4. The average molecular weight is 576 g/mol. The zero-order valence-corrected chi connectivity index (χ0v) is 23.9. The fourth-order valence-corrected chi connectivity index (χ4v) is 5.29. The number of nitrogens with one attached hydrogen (secondary N) is 2. The Bertz CT molecular complexity index is 1420. The normalized spacial score (nSPS) is 20.0. The lowest BCUT2D eigenvalue weighted by atomic mass is 10.0. The van der Waals surface area contributed by atoms with Crippen LogP contribution in [0, 0.1) is 0 Å². The number of anilines is 1. The first kappa shape index (κ1) is 29.0. The van der Waals surface area contributed by atoms with Crippen LogP contribution in [0.2, 0.25) is 0 Å². The first-order valence-electron chi connectivity index (χ1n) is 14.0. The summed E-state index contributed by atoms with van der Waals surface area (Å²) in [6.07, 6.45) is 2.84. The smallest absolute Gasteiger partial charge is 0.258 e. The van der Waals surface area contributed by atoms with Crippen molar-refractivity contribution in [1.82, 2.24) is 20.5 Å². The first-order valence-corrected chi connectivity index (χ1v) is 14.0. The number of hydrogen-bond donors (Lipinski definition) is 3. The molecule has 2 amide bonds. The molecule has 0 aliphatic carbocycles. The van der Waals surface area contributed by atoms with Crippen LogP contribution in [0.1, 0.15) is 29.5 Å². The van der Waals surface area contributed by atoms with Crippen molar-refractivity contribution in [3.8, 4) is 23.0 Å². The lowest BCUT2D eigenvalue weighted by Crippen LogP contribution is -2.57. The van der Waals surface area contributed by atoms with E-state index < -0.39 is 0 Å². The number of nitrogens with zero attached hydrogens (tertiary/aromatic N) is 2. The van der Waals surface area contributed by atoms with E-state index in [0.717, 1.165) is 23.2 Å². The summed E-state index contributed by atoms with van der Waals surface area (Å²) in [5, 5.41) is 6.10. The number of pyridine rings is 1. The predicted molar refractivity (Wildman–Crippen MR) is 157 cm³/mol. The van der Waals surface area contributed by atoms with Crippen molar-refractivity contribution in [2.75, 3.05) is 39.6 Å². The second-order valence-corrected chi connectivity index (χ2v) is 10.4. The van der Waals surface area contributed by atoms with Gasteiger partial charge in [-0.2, -0.15) is 0 Å². The Morgan fingerprint density at radius 1 is 1.05 bits per heavy atom. The van der Waals surface area contributed by atoms with Crippen LogP contribution in [0.15, 0.2) is 54.7 Å². The van der Waals surface area contributed by atoms with E-state index in [9.17, 15) is 9.59 Å². The number of nitrogens with two attached hydrogens (primary N) is 1. The Morgan fingerprint density at radius 3 is 2.71 bits per heavy atom. The average Bonchev–Trinajstić information content (AvgIpc) is 3.00. The number of aromatic nitrogens is 1. The van der Waals surface area contributed by atoms with Crippen LogP contribution in [-0.4, -0.2) is 67.8 Å². The lowest BCUT2D eigenvalue weighted by Gasteiger charge is -2.39. The van der Waals surface area contributed by atoms with Gasteiger partial charge in [0.15, 0.2) is 18.1 Å². The number of fused-ring (bicyclic) bond motifs is 9. The van der Waals surface area contributed by atoms with Crippen molar-refractivity contribution in [1.29, 1.82) is 0 Å². The van der Waals surface area contributed by atoms with Gasteiger partial charge in [-0.1, -0.05) is 12.1 Å². The maximum Gasteiger partial charge on any atom is 0.258 e. The van der Waals surface area contributed by atoms with Crippen molar-refractivity contribution < 1.29 is 28.5 Å². The SMILES string of the molecule is COc1cc2ccc1CNC(=O)CCc1ccc(OC)c(c1)OCC(=O)N[C@@H]1CN(Cc3cccnc3N)CC[C@@H]1O2. The predicted octanol–water partition coefficient (Wildman–Crippen LogP) is 2.46. The highest BCUT2D eigenvalue weighted by molar-refractivity contribution is 5.78. The third-order valence-corrected chi connectivity index (χ3v) is 7.55. The number of methoxy groups -OCH3 is 2. The molecule has 11 heteroatoms. The molecule has 4 N–H and O–H groups in total. The van der Waals surface area contributed by atoms with E-state index in [-0.39, 0.29) is 30.6 Å². The number of ether oxygens (including phenoxy) is 4. The summed E-state index contributed by atoms with van der Waals surface area (Å²) < 4.78 is 23.4. The van der Waals surface area contributed by atoms with E-state index in [1.165, 1.54) is 0 Å². The fourth-order valence-electron chi connectivity index (χ4n) is 5.29. The van der Waals surface area contributed by atoms with E-state index >= 15 is 0 Å². The topological polar surface area (TPSA) is 137 Å². The molecule has 1 fully saturated rings. The molecular formula is C31H37N5O6. The number of nitrogen functional groups attached to an aromatic ring is 1. The number of likely N-dealkylation sites (tertiary alicyclic amines) is 1. The molecular weight excluding hydrogens is 538 g/mol. The molecule has 0 radical (unpaired) electrons. The molecule has 4 bridgehead atoms. The molecule has 11 nitrogen and oxygen atoms in total. The van der Waals surface area contributed by atoms with E-state index in [2.05, 4.69) is 20.5 Å². The van der Waals surface area contributed by atoms with Crippen molar-refractivity contribution in [3.63, 3.8) is 0 Å². The summed E-state index contributed by atoms with van der Waals surface area (Å²) in [5.41, 5.74) is 8.77. The highest BCUT2D eigenvalue weighted by atomic mass is 16.5. The molecule has 3 aliphatic rings. The minimum atomic E-state index is -0.326. The summed E-state index contributed by atoms with van der Waals surface area (Å²) in [7, 11) is 3.14. The zero-order valence-electron chi connectivity index (χ0n) is 23.9. The summed E-state index contributed by atoms with van der Waals surface area (Å²) in [5.74, 6) is 2.30. The van der Waals surface area contributed by atoms with Gasteiger partial charge in [-0.3, -0.25) is 14.5 Å².